The number of aromatic nitrogens is 2. The standard InChI is InChI=1S/C30H31ClFN3O6/c1-4-30(39)18-9-22-27-16(11-35(22)28(37)17(18)12-41-29(30)38)25-20(33-23(36)13-40-8-7-14(2)3)6-5-15-24(25)21(34-27)10-19(32)26(15)31/h9-10,14,20,39H,4-8,11-13H2,1-3H3,(H,33,36)/t20-,30+/m1/s1. The third-order valence-corrected chi connectivity index (χ3v) is 8.86. The number of fused-ring (bicyclic) bond motifs is 5. The van der Waals surface area contributed by atoms with Crippen molar-refractivity contribution in [3.8, 4) is 11.4 Å². The SMILES string of the molecule is CC[C@@]1(O)C(=O)OCc2c1cc1n(c2=O)Cc2c-1nc1cc(F)c(Cl)c3c1c2[C@H](NC(=O)COCCC(C)C)CC3. The third kappa shape index (κ3) is 4.35. The van der Waals surface area contributed by atoms with Crippen LogP contribution in [0.25, 0.3) is 22.3 Å². The van der Waals surface area contributed by atoms with Gasteiger partial charge in [0, 0.05) is 29.2 Å². The first-order valence-electron chi connectivity index (χ1n) is 13.9. The molecule has 0 radical (unpaired) electrons. The lowest BCUT2D eigenvalue weighted by Gasteiger charge is -2.31. The number of aliphatic hydroxyl groups is 1. The normalized spacial score (nSPS) is 20.6. The Balaban J connectivity index is 1.49. The number of amides is 1. The summed E-state index contributed by atoms with van der Waals surface area (Å²) in [5.74, 6) is -1.23. The maximum Gasteiger partial charge on any atom is 0.343 e. The fourth-order valence-electron chi connectivity index (χ4n) is 6.22. The zero-order valence-corrected chi connectivity index (χ0v) is 23.9. The van der Waals surface area contributed by atoms with Gasteiger partial charge >= 0.3 is 5.97 Å². The van der Waals surface area contributed by atoms with E-state index in [1.54, 1.807) is 13.0 Å². The number of nitrogens with zero attached hydrogens (tertiary/aromatic N) is 2. The van der Waals surface area contributed by atoms with Crippen molar-refractivity contribution >= 4 is 34.4 Å². The van der Waals surface area contributed by atoms with Crippen LogP contribution in [0, 0.1) is 11.7 Å². The van der Waals surface area contributed by atoms with Crippen molar-refractivity contribution in [2.75, 3.05) is 13.2 Å². The van der Waals surface area contributed by atoms with Gasteiger partial charge in [0.25, 0.3) is 5.56 Å². The highest BCUT2D eigenvalue weighted by molar-refractivity contribution is 6.32. The van der Waals surface area contributed by atoms with Crippen molar-refractivity contribution in [3.05, 3.63) is 61.1 Å². The van der Waals surface area contributed by atoms with E-state index >= 15 is 0 Å². The molecule has 2 aromatic heterocycles. The lowest BCUT2D eigenvalue weighted by atomic mass is 9.83. The number of ether oxygens (including phenoxy) is 2. The monoisotopic (exact) mass is 583 g/mol. The summed E-state index contributed by atoms with van der Waals surface area (Å²) in [6.07, 6.45) is 1.77. The summed E-state index contributed by atoms with van der Waals surface area (Å²) in [5, 5.41) is 14.9. The molecule has 0 saturated carbocycles. The number of esters is 1. The summed E-state index contributed by atoms with van der Waals surface area (Å²) < 4.78 is 27.2. The average molecular weight is 584 g/mol. The van der Waals surface area contributed by atoms with Gasteiger partial charge in [0.1, 0.15) is 19.0 Å². The lowest BCUT2D eigenvalue weighted by Crippen LogP contribution is -2.44. The summed E-state index contributed by atoms with van der Waals surface area (Å²) in [7, 11) is 0. The molecule has 41 heavy (non-hydrogen) atoms. The van der Waals surface area contributed by atoms with Gasteiger partial charge in [-0.25, -0.2) is 14.2 Å². The minimum Gasteiger partial charge on any atom is -0.458 e. The van der Waals surface area contributed by atoms with Gasteiger partial charge < -0.3 is 24.5 Å². The van der Waals surface area contributed by atoms with Gasteiger partial charge in [-0.3, -0.25) is 9.59 Å². The second-order valence-electron chi connectivity index (χ2n) is 11.4. The maximum atomic E-state index is 14.9. The lowest BCUT2D eigenvalue weighted by molar-refractivity contribution is -0.172. The Bertz CT molecular complexity index is 1690. The van der Waals surface area contributed by atoms with E-state index in [-0.39, 0.29) is 48.2 Å². The number of aryl methyl sites for hydroxylation is 1. The molecule has 2 N–H and O–H groups in total. The second-order valence-corrected chi connectivity index (χ2v) is 11.8. The number of hydrogen-bond donors (Lipinski definition) is 2. The zero-order valence-electron chi connectivity index (χ0n) is 23.1. The summed E-state index contributed by atoms with van der Waals surface area (Å²) in [4.78, 5) is 43.9. The van der Waals surface area contributed by atoms with Crippen molar-refractivity contribution in [3.63, 3.8) is 0 Å². The van der Waals surface area contributed by atoms with E-state index in [0.717, 1.165) is 12.0 Å². The highest BCUT2D eigenvalue weighted by Crippen LogP contribution is 2.46. The first-order chi connectivity index (χ1) is 19.5. The van der Waals surface area contributed by atoms with Gasteiger partial charge in [0.2, 0.25) is 5.91 Å². The van der Waals surface area contributed by atoms with Crippen LogP contribution in [0.3, 0.4) is 0 Å². The summed E-state index contributed by atoms with van der Waals surface area (Å²) in [6.45, 7) is 6.10. The van der Waals surface area contributed by atoms with Crippen LogP contribution >= 0.6 is 11.6 Å². The van der Waals surface area contributed by atoms with Crippen molar-refractivity contribution in [1.82, 2.24) is 14.9 Å². The largest absolute Gasteiger partial charge is 0.458 e. The molecule has 0 bridgehead atoms. The van der Waals surface area contributed by atoms with E-state index in [0.29, 0.717) is 58.8 Å². The first kappa shape index (κ1) is 27.8. The Kier molecular flexibility index (Phi) is 6.91. The van der Waals surface area contributed by atoms with Crippen molar-refractivity contribution in [1.29, 1.82) is 0 Å². The number of rotatable bonds is 7. The Morgan fingerprint density at radius 1 is 1.32 bits per heavy atom. The fourth-order valence-corrected chi connectivity index (χ4v) is 6.46. The quantitative estimate of drug-likeness (QED) is 0.249. The highest BCUT2D eigenvalue weighted by Gasteiger charge is 2.46. The Hall–Kier alpha value is -3.34. The highest BCUT2D eigenvalue weighted by atomic mass is 35.5. The minimum absolute atomic E-state index is 0.0192. The van der Waals surface area contributed by atoms with Crippen LogP contribution in [0.2, 0.25) is 5.02 Å². The zero-order chi connectivity index (χ0) is 29.2. The summed E-state index contributed by atoms with van der Waals surface area (Å²) in [6, 6.07) is 2.44. The van der Waals surface area contributed by atoms with Crippen LogP contribution in [-0.4, -0.2) is 39.7 Å². The number of benzene rings is 1. The number of nitrogens with one attached hydrogen (secondary N) is 1. The molecule has 1 aromatic carbocycles. The van der Waals surface area contributed by atoms with E-state index in [2.05, 4.69) is 19.2 Å². The van der Waals surface area contributed by atoms with Crippen molar-refractivity contribution in [2.45, 2.75) is 71.2 Å². The number of pyridine rings is 2. The third-order valence-electron chi connectivity index (χ3n) is 8.45. The molecule has 3 aliphatic rings. The first-order valence-corrected chi connectivity index (χ1v) is 14.3. The summed E-state index contributed by atoms with van der Waals surface area (Å²) in [5.41, 5.74) is 1.31. The molecule has 0 saturated heterocycles. The van der Waals surface area contributed by atoms with Gasteiger partial charge in [-0.2, -0.15) is 0 Å². The van der Waals surface area contributed by atoms with Gasteiger partial charge in [-0.05, 0) is 48.8 Å². The fraction of sp³-hybridized carbons (Fsp3) is 0.467. The predicted octanol–water partition coefficient (Wildman–Crippen LogP) is 4.04. The molecule has 9 nitrogen and oxygen atoms in total. The number of carbonyl (C=O) groups is 2. The number of carbonyl (C=O) groups excluding carboxylic acids is 2. The smallest absolute Gasteiger partial charge is 0.343 e. The van der Waals surface area contributed by atoms with Gasteiger partial charge in [0.15, 0.2) is 5.60 Å². The van der Waals surface area contributed by atoms with Crippen LogP contribution in [0.15, 0.2) is 16.9 Å². The van der Waals surface area contributed by atoms with Crippen molar-refractivity contribution in [2.24, 2.45) is 5.92 Å². The molecule has 1 aliphatic carbocycles. The molecule has 3 aromatic rings. The van der Waals surface area contributed by atoms with Crippen LogP contribution in [-0.2, 0) is 44.2 Å². The number of hydrogen-bond acceptors (Lipinski definition) is 7. The molecule has 0 spiro atoms. The van der Waals surface area contributed by atoms with Gasteiger partial charge in [-0.1, -0.05) is 32.4 Å². The van der Waals surface area contributed by atoms with E-state index in [4.69, 9.17) is 26.1 Å². The topological polar surface area (TPSA) is 120 Å². The van der Waals surface area contributed by atoms with Crippen LogP contribution in [0.1, 0.15) is 73.9 Å². The van der Waals surface area contributed by atoms with Crippen LogP contribution in [0.5, 0.6) is 0 Å². The molecule has 216 valence electrons. The number of halogens is 2. The van der Waals surface area contributed by atoms with E-state index in [1.165, 1.54) is 10.6 Å². The molecule has 0 unspecified atom stereocenters. The molecule has 4 heterocycles. The van der Waals surface area contributed by atoms with Crippen LogP contribution in [0.4, 0.5) is 4.39 Å². The molecule has 1 amide bonds. The molecule has 2 aliphatic heterocycles. The molecule has 0 fully saturated rings. The van der Waals surface area contributed by atoms with E-state index < -0.39 is 29.0 Å². The minimum atomic E-state index is -1.96. The molecule has 11 heteroatoms. The molecule has 2 atom stereocenters. The Morgan fingerprint density at radius 2 is 2.10 bits per heavy atom. The van der Waals surface area contributed by atoms with Crippen molar-refractivity contribution < 1.29 is 28.6 Å². The molecule has 6 rings (SSSR count). The average Bonchev–Trinajstić information content (AvgIpc) is 3.31. The Morgan fingerprint density at radius 3 is 2.83 bits per heavy atom. The van der Waals surface area contributed by atoms with Crippen LogP contribution < -0.4 is 10.9 Å². The van der Waals surface area contributed by atoms with Gasteiger partial charge in [0.05, 0.1) is 40.1 Å². The molecular weight excluding hydrogens is 553 g/mol. The molecular formula is C30H31ClFN3O6. The second kappa shape index (κ2) is 10.2. The summed E-state index contributed by atoms with van der Waals surface area (Å²) >= 11 is 6.42. The van der Waals surface area contributed by atoms with E-state index in [9.17, 15) is 23.9 Å². The van der Waals surface area contributed by atoms with Gasteiger partial charge in [-0.15, -0.1) is 0 Å². The number of cyclic esters (lactones) is 1. The maximum absolute atomic E-state index is 14.9. The Labute approximate surface area is 240 Å². The van der Waals surface area contributed by atoms with E-state index in [1.807, 2.05) is 0 Å². The predicted molar refractivity (Wildman–Crippen MR) is 149 cm³/mol.